The molecule has 2 amide bonds. The molecule has 8 nitrogen and oxygen atoms in total. The molecular formula is C19H30N6O2. The Balaban J connectivity index is 2.07. The molecule has 148 valence electrons. The van der Waals surface area contributed by atoms with Crippen LogP contribution in [0.2, 0.25) is 0 Å². The number of amides is 2. The first-order chi connectivity index (χ1) is 12.9. The summed E-state index contributed by atoms with van der Waals surface area (Å²) in [5.74, 6) is -0.306. The van der Waals surface area contributed by atoms with Crippen molar-refractivity contribution in [3.8, 4) is 0 Å². The minimum atomic E-state index is -0.276. The lowest BCUT2D eigenvalue weighted by Crippen LogP contribution is -2.29. The Hall–Kier alpha value is -2.45. The van der Waals surface area contributed by atoms with Crippen LogP contribution in [0.15, 0.2) is 24.4 Å². The molecule has 8 heteroatoms. The quantitative estimate of drug-likeness (QED) is 0.598. The first kappa shape index (κ1) is 20.9. The number of rotatable bonds is 10. The summed E-state index contributed by atoms with van der Waals surface area (Å²) in [5, 5.41) is 5.76. The third-order valence-electron chi connectivity index (χ3n) is 4.10. The minimum absolute atomic E-state index is 0.230. The summed E-state index contributed by atoms with van der Waals surface area (Å²) in [6.45, 7) is 2.91. The third-order valence-corrected chi connectivity index (χ3v) is 4.10. The SMILES string of the molecule is CN(C)CCCNC(=O)c1nc(C(=O)NCCCN(C)C)n2ccccc12. The van der Waals surface area contributed by atoms with Gasteiger partial charge in [-0.1, -0.05) is 6.07 Å². The molecule has 2 rings (SSSR count). The number of hydrogen-bond acceptors (Lipinski definition) is 5. The molecule has 27 heavy (non-hydrogen) atoms. The average Bonchev–Trinajstić information content (AvgIpc) is 3.01. The van der Waals surface area contributed by atoms with Crippen molar-refractivity contribution in [1.82, 2.24) is 29.8 Å². The standard InChI is InChI=1S/C19H30N6O2/c1-23(2)12-7-10-20-18(26)16-15-9-5-6-14-25(15)17(22-16)19(27)21-11-8-13-24(3)4/h5-6,9,14H,7-8,10-13H2,1-4H3,(H,20,26)(H,21,27). The molecule has 0 atom stereocenters. The van der Waals surface area contributed by atoms with E-state index < -0.39 is 0 Å². The van der Waals surface area contributed by atoms with Crippen molar-refractivity contribution in [2.45, 2.75) is 12.8 Å². The van der Waals surface area contributed by atoms with E-state index in [1.165, 1.54) is 0 Å². The number of hydrogen-bond donors (Lipinski definition) is 2. The van der Waals surface area contributed by atoms with Crippen LogP contribution in [0, 0.1) is 0 Å². The lowest BCUT2D eigenvalue weighted by molar-refractivity contribution is 0.0941. The van der Waals surface area contributed by atoms with Crippen LogP contribution in [-0.2, 0) is 0 Å². The van der Waals surface area contributed by atoms with E-state index in [0.717, 1.165) is 25.9 Å². The van der Waals surface area contributed by atoms with E-state index in [1.807, 2.05) is 40.3 Å². The zero-order valence-electron chi connectivity index (χ0n) is 16.7. The second-order valence-electron chi connectivity index (χ2n) is 7.07. The van der Waals surface area contributed by atoms with Crippen molar-refractivity contribution in [3.63, 3.8) is 0 Å². The van der Waals surface area contributed by atoms with Gasteiger partial charge in [0.1, 0.15) is 0 Å². The Kier molecular flexibility index (Phi) is 7.75. The van der Waals surface area contributed by atoms with Crippen LogP contribution in [0.4, 0.5) is 0 Å². The van der Waals surface area contributed by atoms with Crippen molar-refractivity contribution in [2.24, 2.45) is 0 Å². The maximum absolute atomic E-state index is 12.5. The predicted octanol–water partition coefficient (Wildman–Crippen LogP) is 0.697. The van der Waals surface area contributed by atoms with E-state index >= 15 is 0 Å². The van der Waals surface area contributed by atoms with Crippen molar-refractivity contribution in [3.05, 3.63) is 35.9 Å². The van der Waals surface area contributed by atoms with Crippen molar-refractivity contribution >= 4 is 17.3 Å². The molecule has 0 aliphatic rings. The van der Waals surface area contributed by atoms with Crippen LogP contribution >= 0.6 is 0 Å². The summed E-state index contributed by atoms with van der Waals surface area (Å²) in [5.41, 5.74) is 0.903. The highest BCUT2D eigenvalue weighted by molar-refractivity contribution is 6.02. The van der Waals surface area contributed by atoms with Crippen LogP contribution in [0.1, 0.15) is 33.9 Å². The molecule has 0 aromatic carbocycles. The highest BCUT2D eigenvalue weighted by Crippen LogP contribution is 2.13. The summed E-state index contributed by atoms with van der Waals surface area (Å²) in [6, 6.07) is 5.44. The molecule has 0 aliphatic heterocycles. The van der Waals surface area contributed by atoms with E-state index in [-0.39, 0.29) is 23.3 Å². The zero-order valence-corrected chi connectivity index (χ0v) is 16.7. The summed E-state index contributed by atoms with van der Waals surface area (Å²) in [6.07, 6.45) is 3.45. The van der Waals surface area contributed by atoms with Crippen LogP contribution in [0.25, 0.3) is 5.52 Å². The van der Waals surface area contributed by atoms with Gasteiger partial charge in [-0.2, -0.15) is 0 Å². The minimum Gasteiger partial charge on any atom is -0.351 e. The number of carbonyl (C=O) groups is 2. The number of aromatic nitrogens is 2. The number of nitrogens with one attached hydrogen (secondary N) is 2. The van der Waals surface area contributed by atoms with E-state index in [2.05, 4.69) is 25.4 Å². The van der Waals surface area contributed by atoms with Gasteiger partial charge in [0, 0.05) is 19.3 Å². The molecule has 0 saturated carbocycles. The summed E-state index contributed by atoms with van der Waals surface area (Å²) < 4.78 is 1.66. The van der Waals surface area contributed by atoms with Crippen LogP contribution in [-0.4, -0.2) is 85.4 Å². The summed E-state index contributed by atoms with van der Waals surface area (Å²) in [4.78, 5) is 33.5. The van der Waals surface area contributed by atoms with Gasteiger partial charge >= 0.3 is 0 Å². The molecular weight excluding hydrogens is 344 g/mol. The van der Waals surface area contributed by atoms with E-state index in [1.54, 1.807) is 16.7 Å². The Morgan fingerprint density at radius 3 is 2.15 bits per heavy atom. The molecule has 0 unspecified atom stereocenters. The van der Waals surface area contributed by atoms with Crippen LogP contribution < -0.4 is 10.6 Å². The maximum atomic E-state index is 12.5. The third kappa shape index (κ3) is 6.04. The van der Waals surface area contributed by atoms with Gasteiger partial charge in [-0.3, -0.25) is 14.0 Å². The second kappa shape index (κ2) is 10.0. The van der Waals surface area contributed by atoms with Gasteiger partial charge in [-0.15, -0.1) is 0 Å². The highest BCUT2D eigenvalue weighted by Gasteiger charge is 2.20. The molecule has 2 aromatic heterocycles. The lowest BCUT2D eigenvalue weighted by atomic mass is 10.3. The molecule has 0 bridgehead atoms. The van der Waals surface area contributed by atoms with Crippen LogP contribution in [0.5, 0.6) is 0 Å². The zero-order chi connectivity index (χ0) is 19.8. The Morgan fingerprint density at radius 2 is 1.56 bits per heavy atom. The monoisotopic (exact) mass is 374 g/mol. The Labute approximate surface area is 160 Å². The van der Waals surface area contributed by atoms with Crippen molar-refractivity contribution < 1.29 is 9.59 Å². The number of carbonyl (C=O) groups excluding carboxylic acids is 2. The molecule has 0 aliphatic carbocycles. The van der Waals surface area contributed by atoms with Gasteiger partial charge in [0.2, 0.25) is 5.82 Å². The first-order valence-corrected chi connectivity index (χ1v) is 9.23. The van der Waals surface area contributed by atoms with Gasteiger partial charge in [0.25, 0.3) is 11.8 Å². The van der Waals surface area contributed by atoms with E-state index in [4.69, 9.17) is 0 Å². The summed E-state index contributed by atoms with van der Waals surface area (Å²) >= 11 is 0. The van der Waals surface area contributed by atoms with Crippen molar-refractivity contribution in [2.75, 3.05) is 54.4 Å². The molecule has 0 radical (unpaired) electrons. The predicted molar refractivity (Wildman–Crippen MR) is 106 cm³/mol. The number of fused-ring (bicyclic) bond motifs is 1. The van der Waals surface area contributed by atoms with Crippen LogP contribution in [0.3, 0.4) is 0 Å². The largest absolute Gasteiger partial charge is 0.351 e. The van der Waals surface area contributed by atoms with E-state index in [0.29, 0.717) is 18.6 Å². The van der Waals surface area contributed by atoms with Gasteiger partial charge in [0.05, 0.1) is 5.52 Å². The first-order valence-electron chi connectivity index (χ1n) is 9.23. The Bertz CT molecular complexity index is 707. The molecule has 0 fully saturated rings. The summed E-state index contributed by atoms with van der Waals surface area (Å²) in [7, 11) is 7.98. The van der Waals surface area contributed by atoms with Gasteiger partial charge in [-0.25, -0.2) is 4.98 Å². The fourth-order valence-corrected chi connectivity index (χ4v) is 2.72. The molecule has 2 aromatic rings. The molecule has 2 N–H and O–H groups in total. The fourth-order valence-electron chi connectivity index (χ4n) is 2.72. The molecule has 2 heterocycles. The Morgan fingerprint density at radius 1 is 0.963 bits per heavy atom. The second-order valence-corrected chi connectivity index (χ2v) is 7.07. The van der Waals surface area contributed by atoms with Gasteiger partial charge in [0.15, 0.2) is 5.69 Å². The average molecular weight is 374 g/mol. The molecule has 0 spiro atoms. The van der Waals surface area contributed by atoms with E-state index in [9.17, 15) is 9.59 Å². The highest BCUT2D eigenvalue weighted by atomic mass is 16.2. The van der Waals surface area contributed by atoms with Crippen molar-refractivity contribution in [1.29, 1.82) is 0 Å². The number of imidazole rings is 1. The molecule has 0 saturated heterocycles. The topological polar surface area (TPSA) is 82.0 Å². The smallest absolute Gasteiger partial charge is 0.287 e. The number of pyridine rings is 1. The maximum Gasteiger partial charge on any atom is 0.287 e. The van der Waals surface area contributed by atoms with Gasteiger partial charge in [-0.05, 0) is 66.3 Å². The van der Waals surface area contributed by atoms with Gasteiger partial charge < -0.3 is 20.4 Å². The fraction of sp³-hybridized carbons (Fsp3) is 0.526. The normalized spacial score (nSPS) is 11.3. The number of nitrogens with zero attached hydrogens (tertiary/aromatic N) is 4. The lowest BCUT2D eigenvalue weighted by Gasteiger charge is -2.09.